The van der Waals surface area contributed by atoms with Gasteiger partial charge in [-0.05, 0) is 38.5 Å². The lowest BCUT2D eigenvalue weighted by atomic mass is 10.2. The van der Waals surface area contributed by atoms with Gasteiger partial charge in [-0.15, -0.1) is 0 Å². The van der Waals surface area contributed by atoms with Gasteiger partial charge in [0, 0.05) is 17.1 Å². The van der Waals surface area contributed by atoms with E-state index in [1.807, 2.05) is 30.3 Å². The first-order valence-electron chi connectivity index (χ1n) is 9.08. The number of hydrogen-bond acceptors (Lipinski definition) is 6. The van der Waals surface area contributed by atoms with Gasteiger partial charge in [0.2, 0.25) is 5.76 Å². The lowest BCUT2D eigenvalue weighted by Gasteiger charge is -2.20. The molecule has 2 aromatic carbocycles. The summed E-state index contributed by atoms with van der Waals surface area (Å²) < 4.78 is 21.6. The van der Waals surface area contributed by atoms with Crippen LogP contribution in [0.2, 0.25) is 0 Å². The normalized spacial score (nSPS) is 11.2. The Hall–Kier alpha value is -3.48. The number of ether oxygens (including phenoxy) is 3. The summed E-state index contributed by atoms with van der Waals surface area (Å²) in [6.45, 7) is 5.63. The molecule has 0 radical (unpaired) electrons. The molecule has 3 aromatic rings. The molecule has 7 nitrogen and oxygen atoms in total. The van der Waals surface area contributed by atoms with Crippen LogP contribution in [-0.2, 0) is 16.1 Å². The number of carbonyl (C=O) groups excluding carboxylic acids is 2. The van der Waals surface area contributed by atoms with Crippen molar-refractivity contribution in [2.45, 2.75) is 33.0 Å². The monoisotopic (exact) mass is 397 g/mol. The van der Waals surface area contributed by atoms with Crippen LogP contribution in [0.5, 0.6) is 5.75 Å². The molecule has 0 aliphatic rings. The van der Waals surface area contributed by atoms with Crippen LogP contribution in [0.4, 0.5) is 10.5 Å². The second-order valence-corrected chi connectivity index (χ2v) is 7.40. The number of nitrogens with one attached hydrogen (secondary N) is 1. The van der Waals surface area contributed by atoms with Crippen LogP contribution in [-0.4, -0.2) is 24.8 Å². The highest BCUT2D eigenvalue weighted by molar-refractivity contribution is 5.97. The zero-order valence-electron chi connectivity index (χ0n) is 16.8. The highest BCUT2D eigenvalue weighted by atomic mass is 16.6. The molecule has 0 saturated heterocycles. The largest absolute Gasteiger partial charge is 0.485 e. The van der Waals surface area contributed by atoms with E-state index >= 15 is 0 Å². The van der Waals surface area contributed by atoms with Gasteiger partial charge in [0.15, 0.2) is 11.3 Å². The number of anilines is 1. The summed E-state index contributed by atoms with van der Waals surface area (Å²) in [5.74, 6) is -0.175. The van der Waals surface area contributed by atoms with Crippen LogP contribution in [0.3, 0.4) is 0 Å². The van der Waals surface area contributed by atoms with Crippen molar-refractivity contribution in [3.05, 3.63) is 59.9 Å². The molecule has 7 heteroatoms. The van der Waals surface area contributed by atoms with Crippen molar-refractivity contribution in [3.63, 3.8) is 0 Å². The molecule has 0 bridgehead atoms. The molecule has 1 aromatic heterocycles. The third-order valence-electron chi connectivity index (χ3n) is 3.85. The topological polar surface area (TPSA) is 87.0 Å². The zero-order chi connectivity index (χ0) is 21.0. The van der Waals surface area contributed by atoms with Crippen molar-refractivity contribution in [2.75, 3.05) is 12.4 Å². The molecule has 0 aliphatic heterocycles. The maximum absolute atomic E-state index is 12.1. The molecule has 0 saturated carbocycles. The van der Waals surface area contributed by atoms with Crippen LogP contribution >= 0.6 is 0 Å². The van der Waals surface area contributed by atoms with Gasteiger partial charge >= 0.3 is 12.1 Å². The second kappa shape index (κ2) is 8.26. The van der Waals surface area contributed by atoms with Crippen LogP contribution in [0.15, 0.2) is 52.9 Å². The second-order valence-electron chi connectivity index (χ2n) is 7.40. The Morgan fingerprint density at radius 2 is 1.79 bits per heavy atom. The van der Waals surface area contributed by atoms with Gasteiger partial charge < -0.3 is 18.6 Å². The Labute approximate surface area is 168 Å². The average molecular weight is 397 g/mol. The Bertz CT molecular complexity index is 1020. The minimum atomic E-state index is -0.630. The smallest absolute Gasteiger partial charge is 0.412 e. The van der Waals surface area contributed by atoms with Gasteiger partial charge in [-0.25, -0.2) is 9.59 Å². The Kier molecular flexibility index (Phi) is 5.77. The molecular formula is C22H23NO6. The molecule has 0 unspecified atom stereocenters. The standard InChI is InChI=1S/C22H23NO6/c1-22(2,3)29-21(25)23-16-10-15-11-18(20(24)26-4)28-19(15)17(12-16)27-13-14-8-6-5-7-9-14/h5-12H,13H2,1-4H3,(H,23,25). The number of carbonyl (C=O) groups is 2. The number of rotatable bonds is 5. The molecular weight excluding hydrogens is 374 g/mol. The fourth-order valence-corrected chi connectivity index (χ4v) is 2.66. The summed E-state index contributed by atoms with van der Waals surface area (Å²) in [4.78, 5) is 24.0. The highest BCUT2D eigenvalue weighted by Crippen LogP contribution is 2.33. The molecule has 1 amide bonds. The number of hydrogen-bond donors (Lipinski definition) is 1. The molecule has 0 atom stereocenters. The fraction of sp³-hybridized carbons (Fsp3) is 0.273. The number of amides is 1. The van der Waals surface area contributed by atoms with E-state index in [-0.39, 0.29) is 5.76 Å². The first-order valence-corrected chi connectivity index (χ1v) is 9.08. The molecule has 3 rings (SSSR count). The maximum atomic E-state index is 12.1. The maximum Gasteiger partial charge on any atom is 0.412 e. The molecule has 1 heterocycles. The van der Waals surface area contributed by atoms with Crippen LogP contribution < -0.4 is 10.1 Å². The van der Waals surface area contributed by atoms with E-state index in [9.17, 15) is 9.59 Å². The number of methoxy groups -OCH3 is 1. The van der Waals surface area contributed by atoms with E-state index in [2.05, 4.69) is 5.32 Å². The summed E-state index contributed by atoms with van der Waals surface area (Å²) in [6.07, 6.45) is -0.595. The number of esters is 1. The van der Waals surface area contributed by atoms with Crippen molar-refractivity contribution in [2.24, 2.45) is 0 Å². The first-order chi connectivity index (χ1) is 13.7. The fourth-order valence-electron chi connectivity index (χ4n) is 2.66. The lowest BCUT2D eigenvalue weighted by molar-refractivity contribution is 0.0566. The van der Waals surface area contributed by atoms with Gasteiger partial charge in [-0.1, -0.05) is 30.3 Å². The van der Waals surface area contributed by atoms with Crippen molar-refractivity contribution in [3.8, 4) is 5.75 Å². The minimum Gasteiger partial charge on any atom is -0.485 e. The third-order valence-corrected chi connectivity index (χ3v) is 3.85. The zero-order valence-corrected chi connectivity index (χ0v) is 16.8. The number of furan rings is 1. The molecule has 0 fully saturated rings. The van der Waals surface area contributed by atoms with Gasteiger partial charge in [0.05, 0.1) is 7.11 Å². The first kappa shape index (κ1) is 20.3. The summed E-state index contributed by atoms with van der Waals surface area (Å²) in [5, 5.41) is 3.27. The van der Waals surface area contributed by atoms with Crippen LogP contribution in [0.25, 0.3) is 11.0 Å². The molecule has 29 heavy (non-hydrogen) atoms. The quantitative estimate of drug-likeness (QED) is 0.600. The van der Waals surface area contributed by atoms with Crippen LogP contribution in [0.1, 0.15) is 36.9 Å². The Morgan fingerprint density at radius 1 is 1.07 bits per heavy atom. The van der Waals surface area contributed by atoms with Gasteiger partial charge in [0.1, 0.15) is 12.2 Å². The summed E-state index contributed by atoms with van der Waals surface area (Å²) in [5.41, 5.74) is 1.17. The SMILES string of the molecule is COC(=O)c1cc2cc(NC(=O)OC(C)(C)C)cc(OCc3ccccc3)c2o1. The minimum absolute atomic E-state index is 0.0430. The van der Waals surface area contributed by atoms with E-state index < -0.39 is 17.7 Å². The highest BCUT2D eigenvalue weighted by Gasteiger charge is 2.20. The van der Waals surface area contributed by atoms with Gasteiger partial charge in [-0.3, -0.25) is 5.32 Å². The third kappa shape index (κ3) is 5.28. The molecule has 1 N–H and O–H groups in total. The van der Waals surface area contributed by atoms with E-state index in [1.54, 1.807) is 32.9 Å². The van der Waals surface area contributed by atoms with E-state index in [0.29, 0.717) is 29.0 Å². The molecule has 0 aliphatic carbocycles. The molecule has 0 spiro atoms. The van der Waals surface area contributed by atoms with Crippen molar-refractivity contribution in [1.29, 1.82) is 0 Å². The summed E-state index contributed by atoms with van der Waals surface area (Å²) >= 11 is 0. The van der Waals surface area contributed by atoms with Crippen molar-refractivity contribution in [1.82, 2.24) is 0 Å². The van der Waals surface area contributed by atoms with E-state index in [0.717, 1.165) is 5.56 Å². The average Bonchev–Trinajstić information content (AvgIpc) is 3.09. The number of benzene rings is 2. The number of fused-ring (bicyclic) bond motifs is 1. The predicted molar refractivity (Wildman–Crippen MR) is 108 cm³/mol. The van der Waals surface area contributed by atoms with Crippen molar-refractivity contribution < 1.29 is 28.2 Å². The van der Waals surface area contributed by atoms with E-state index in [1.165, 1.54) is 13.2 Å². The van der Waals surface area contributed by atoms with Crippen LogP contribution in [0, 0.1) is 0 Å². The lowest BCUT2D eigenvalue weighted by Crippen LogP contribution is -2.27. The Balaban J connectivity index is 1.93. The van der Waals surface area contributed by atoms with Gasteiger partial charge in [-0.2, -0.15) is 0 Å². The van der Waals surface area contributed by atoms with Crippen molar-refractivity contribution >= 4 is 28.7 Å². The predicted octanol–water partition coefficient (Wildman–Crippen LogP) is 5.15. The summed E-state index contributed by atoms with van der Waals surface area (Å²) in [7, 11) is 1.28. The Morgan fingerprint density at radius 3 is 2.45 bits per heavy atom. The van der Waals surface area contributed by atoms with Gasteiger partial charge in [0.25, 0.3) is 0 Å². The summed E-state index contributed by atoms with van der Waals surface area (Å²) in [6, 6.07) is 14.4. The molecule has 152 valence electrons. The van der Waals surface area contributed by atoms with E-state index in [4.69, 9.17) is 18.6 Å².